The second-order valence-corrected chi connectivity index (χ2v) is 2.40. The average Bonchev–Trinajstić information content (AvgIpc) is 2.06. The first-order chi connectivity index (χ1) is 5.83. The second kappa shape index (κ2) is 4.51. The molecule has 0 aromatic heterocycles. The predicted molar refractivity (Wildman–Crippen MR) is 47.2 cm³/mol. The molecule has 12 heavy (non-hydrogen) atoms. The summed E-state index contributed by atoms with van der Waals surface area (Å²) in [6, 6.07) is 9.28. The molecule has 1 aromatic rings. The average molecular weight is 165 g/mol. The Morgan fingerprint density at radius 3 is 2.58 bits per heavy atom. The molecule has 0 amide bonds. The van der Waals surface area contributed by atoms with E-state index in [-0.39, 0.29) is 13.2 Å². The van der Waals surface area contributed by atoms with E-state index in [0.717, 1.165) is 10.3 Å². The van der Waals surface area contributed by atoms with Crippen LogP contribution in [0.4, 0.5) is 0 Å². The zero-order valence-corrected chi connectivity index (χ0v) is 6.68. The number of aliphatic hydroxyl groups excluding tert-OH is 1. The highest BCUT2D eigenvalue weighted by Gasteiger charge is 1.92. The van der Waals surface area contributed by atoms with Gasteiger partial charge in [0.25, 0.3) is 0 Å². The standard InChI is InChI=1S/C9H11NO2/c11-7-6-10(12)8-9-4-2-1-3-5-9/h1-5,8,11H,6-7H2/b10-8+. The highest BCUT2D eigenvalue weighted by Crippen LogP contribution is 1.93. The van der Waals surface area contributed by atoms with Crippen LogP contribution in [0.5, 0.6) is 0 Å². The zero-order valence-electron chi connectivity index (χ0n) is 6.68. The Bertz CT molecular complexity index is 256. The molecule has 0 heterocycles. The van der Waals surface area contributed by atoms with Crippen molar-refractivity contribution in [3.63, 3.8) is 0 Å². The minimum Gasteiger partial charge on any atom is -0.624 e. The molecular formula is C9H11NO2. The largest absolute Gasteiger partial charge is 0.624 e. The predicted octanol–water partition coefficient (Wildman–Crippen LogP) is 0.608. The van der Waals surface area contributed by atoms with Crippen molar-refractivity contribution in [2.45, 2.75) is 0 Å². The van der Waals surface area contributed by atoms with Gasteiger partial charge in [0.15, 0.2) is 12.8 Å². The molecule has 0 saturated carbocycles. The Hall–Kier alpha value is -1.35. The third kappa shape index (κ3) is 2.72. The van der Waals surface area contributed by atoms with Crippen LogP contribution in [-0.4, -0.2) is 29.2 Å². The van der Waals surface area contributed by atoms with Crippen molar-refractivity contribution in [3.8, 4) is 0 Å². The fraction of sp³-hybridized carbons (Fsp3) is 0.222. The quantitative estimate of drug-likeness (QED) is 0.308. The van der Waals surface area contributed by atoms with Crippen molar-refractivity contribution in [3.05, 3.63) is 41.1 Å². The van der Waals surface area contributed by atoms with E-state index >= 15 is 0 Å². The summed E-state index contributed by atoms with van der Waals surface area (Å²) in [5.74, 6) is 0. The molecule has 0 spiro atoms. The maximum Gasteiger partial charge on any atom is 0.181 e. The fourth-order valence-corrected chi connectivity index (χ4v) is 0.868. The highest BCUT2D eigenvalue weighted by molar-refractivity contribution is 5.75. The molecule has 0 saturated heterocycles. The molecule has 0 radical (unpaired) electrons. The topological polar surface area (TPSA) is 46.3 Å². The number of aliphatic hydroxyl groups is 1. The van der Waals surface area contributed by atoms with Crippen LogP contribution in [0, 0.1) is 5.21 Å². The molecule has 0 aliphatic heterocycles. The van der Waals surface area contributed by atoms with Gasteiger partial charge in [-0.25, -0.2) is 4.74 Å². The van der Waals surface area contributed by atoms with Crippen molar-refractivity contribution in [1.82, 2.24) is 0 Å². The normalized spacial score (nSPS) is 11.6. The van der Waals surface area contributed by atoms with Crippen LogP contribution in [-0.2, 0) is 0 Å². The first-order valence-electron chi connectivity index (χ1n) is 3.77. The minimum atomic E-state index is -0.118. The van der Waals surface area contributed by atoms with E-state index in [0.29, 0.717) is 0 Å². The summed E-state index contributed by atoms with van der Waals surface area (Å²) in [4.78, 5) is 0. The Balaban J connectivity index is 2.67. The van der Waals surface area contributed by atoms with Crippen molar-refractivity contribution in [2.24, 2.45) is 0 Å². The van der Waals surface area contributed by atoms with E-state index in [9.17, 15) is 5.21 Å². The van der Waals surface area contributed by atoms with Gasteiger partial charge in [-0.2, -0.15) is 0 Å². The minimum absolute atomic E-state index is 0.118. The van der Waals surface area contributed by atoms with Gasteiger partial charge in [0.2, 0.25) is 0 Å². The van der Waals surface area contributed by atoms with Gasteiger partial charge in [0, 0.05) is 5.56 Å². The van der Waals surface area contributed by atoms with E-state index in [1.54, 1.807) is 0 Å². The van der Waals surface area contributed by atoms with Crippen LogP contribution in [0.1, 0.15) is 5.56 Å². The Morgan fingerprint density at radius 1 is 1.33 bits per heavy atom. The number of rotatable bonds is 3. The molecule has 1 rings (SSSR count). The van der Waals surface area contributed by atoms with Crippen molar-refractivity contribution < 1.29 is 9.85 Å². The number of benzene rings is 1. The van der Waals surface area contributed by atoms with Gasteiger partial charge in [-0.1, -0.05) is 18.2 Å². The number of hydroxylamine groups is 1. The van der Waals surface area contributed by atoms with Crippen LogP contribution in [0.25, 0.3) is 0 Å². The van der Waals surface area contributed by atoms with Gasteiger partial charge in [0.05, 0.1) is 0 Å². The summed E-state index contributed by atoms with van der Waals surface area (Å²) in [5.41, 5.74) is 0.848. The van der Waals surface area contributed by atoms with Crippen molar-refractivity contribution >= 4 is 6.21 Å². The van der Waals surface area contributed by atoms with Crippen molar-refractivity contribution in [2.75, 3.05) is 13.2 Å². The highest BCUT2D eigenvalue weighted by atomic mass is 16.5. The molecule has 0 unspecified atom stereocenters. The van der Waals surface area contributed by atoms with E-state index in [2.05, 4.69) is 0 Å². The summed E-state index contributed by atoms with van der Waals surface area (Å²) >= 11 is 0. The number of hydrogen-bond acceptors (Lipinski definition) is 2. The Morgan fingerprint density at radius 2 is 2.00 bits per heavy atom. The Labute approximate surface area is 71.2 Å². The van der Waals surface area contributed by atoms with E-state index < -0.39 is 0 Å². The summed E-state index contributed by atoms with van der Waals surface area (Å²) < 4.78 is 0.718. The lowest BCUT2D eigenvalue weighted by molar-refractivity contribution is -0.455. The lowest BCUT2D eigenvalue weighted by Gasteiger charge is -2.00. The smallest absolute Gasteiger partial charge is 0.181 e. The molecule has 0 aliphatic carbocycles. The first-order valence-corrected chi connectivity index (χ1v) is 3.77. The lowest BCUT2D eigenvalue weighted by Crippen LogP contribution is -2.10. The molecular weight excluding hydrogens is 154 g/mol. The molecule has 1 aromatic carbocycles. The third-order valence-corrected chi connectivity index (χ3v) is 1.41. The summed E-state index contributed by atoms with van der Waals surface area (Å²) in [7, 11) is 0. The molecule has 0 fully saturated rings. The molecule has 0 aliphatic rings. The Kier molecular flexibility index (Phi) is 3.29. The zero-order chi connectivity index (χ0) is 8.81. The first kappa shape index (κ1) is 8.74. The SMILES string of the molecule is [O-]/[N+](=C/c1ccccc1)CCO. The second-order valence-electron chi connectivity index (χ2n) is 2.40. The van der Waals surface area contributed by atoms with E-state index in [4.69, 9.17) is 5.11 Å². The summed E-state index contributed by atoms with van der Waals surface area (Å²) in [6.45, 7) is 0.00171. The molecule has 3 nitrogen and oxygen atoms in total. The summed E-state index contributed by atoms with van der Waals surface area (Å²) in [5, 5.41) is 19.4. The molecule has 3 heteroatoms. The van der Waals surface area contributed by atoms with Crippen molar-refractivity contribution in [1.29, 1.82) is 0 Å². The maximum absolute atomic E-state index is 10.9. The number of hydrogen-bond donors (Lipinski definition) is 1. The molecule has 1 N–H and O–H groups in total. The van der Waals surface area contributed by atoms with E-state index in [1.807, 2.05) is 30.3 Å². The van der Waals surface area contributed by atoms with Crippen LogP contribution >= 0.6 is 0 Å². The number of nitrogens with zero attached hydrogens (tertiary/aromatic N) is 1. The van der Waals surface area contributed by atoms with Crippen LogP contribution in [0.3, 0.4) is 0 Å². The molecule has 0 atom stereocenters. The van der Waals surface area contributed by atoms with Gasteiger partial charge in [-0.15, -0.1) is 0 Å². The van der Waals surface area contributed by atoms with Crippen LogP contribution in [0.15, 0.2) is 30.3 Å². The third-order valence-electron chi connectivity index (χ3n) is 1.41. The maximum atomic E-state index is 10.9. The van der Waals surface area contributed by atoms with Gasteiger partial charge in [-0.3, -0.25) is 0 Å². The fourth-order valence-electron chi connectivity index (χ4n) is 0.868. The van der Waals surface area contributed by atoms with Gasteiger partial charge < -0.3 is 10.3 Å². The van der Waals surface area contributed by atoms with Crippen LogP contribution in [0.2, 0.25) is 0 Å². The van der Waals surface area contributed by atoms with Gasteiger partial charge >= 0.3 is 0 Å². The van der Waals surface area contributed by atoms with E-state index in [1.165, 1.54) is 6.21 Å². The monoisotopic (exact) mass is 165 g/mol. The molecule has 64 valence electrons. The molecule has 0 bridgehead atoms. The van der Waals surface area contributed by atoms with Crippen LogP contribution < -0.4 is 0 Å². The van der Waals surface area contributed by atoms with Gasteiger partial charge in [0.1, 0.15) is 6.61 Å². The summed E-state index contributed by atoms with van der Waals surface area (Å²) in [6.07, 6.45) is 1.45. The van der Waals surface area contributed by atoms with Gasteiger partial charge in [-0.05, 0) is 12.1 Å². The lowest BCUT2D eigenvalue weighted by atomic mass is 10.2.